The Morgan fingerprint density at radius 1 is 1.39 bits per heavy atom. The number of benzene rings is 1. The molecule has 18 heavy (non-hydrogen) atoms. The quantitative estimate of drug-likeness (QED) is 0.909. The van der Waals surface area contributed by atoms with Crippen LogP contribution in [0.5, 0.6) is 0 Å². The Morgan fingerprint density at radius 2 is 2.11 bits per heavy atom. The van der Waals surface area contributed by atoms with E-state index in [0.29, 0.717) is 0 Å². The van der Waals surface area contributed by atoms with Crippen molar-refractivity contribution in [3.63, 3.8) is 0 Å². The third-order valence-corrected chi connectivity index (χ3v) is 4.54. The monoisotopic (exact) mass is 331 g/mol. The lowest BCUT2D eigenvalue weighted by atomic mass is 9.91. The summed E-state index contributed by atoms with van der Waals surface area (Å²) >= 11 is 9.64. The van der Waals surface area contributed by atoms with E-state index in [1.165, 1.54) is 6.42 Å². The Morgan fingerprint density at radius 3 is 2.78 bits per heavy atom. The molecule has 0 radical (unpaired) electrons. The van der Waals surface area contributed by atoms with Crippen LogP contribution < -0.4 is 0 Å². The SMILES string of the molecule is CN(Cc1ccc(Br)cc1Cl)C1CCCCC1O. The van der Waals surface area contributed by atoms with Gasteiger partial charge in [-0.2, -0.15) is 0 Å². The smallest absolute Gasteiger partial charge is 0.0695 e. The van der Waals surface area contributed by atoms with Crippen molar-refractivity contribution >= 4 is 27.5 Å². The summed E-state index contributed by atoms with van der Waals surface area (Å²) in [7, 11) is 2.07. The highest BCUT2D eigenvalue weighted by atomic mass is 79.9. The van der Waals surface area contributed by atoms with Gasteiger partial charge in [0.25, 0.3) is 0 Å². The molecule has 0 aliphatic heterocycles. The van der Waals surface area contributed by atoms with Crippen LogP contribution in [0.25, 0.3) is 0 Å². The van der Waals surface area contributed by atoms with E-state index in [-0.39, 0.29) is 12.1 Å². The molecule has 1 aromatic rings. The molecule has 2 nitrogen and oxygen atoms in total. The number of hydrogen-bond acceptors (Lipinski definition) is 2. The maximum atomic E-state index is 10.0. The van der Waals surface area contributed by atoms with Crippen molar-refractivity contribution in [3.05, 3.63) is 33.3 Å². The van der Waals surface area contributed by atoms with Gasteiger partial charge in [-0.1, -0.05) is 46.4 Å². The second-order valence-corrected chi connectivity index (χ2v) is 6.39. The second kappa shape index (κ2) is 6.38. The fourth-order valence-corrected chi connectivity index (χ4v) is 3.37. The molecule has 0 heterocycles. The summed E-state index contributed by atoms with van der Waals surface area (Å²) in [5.74, 6) is 0. The minimum atomic E-state index is -0.196. The number of rotatable bonds is 3. The summed E-state index contributed by atoms with van der Waals surface area (Å²) in [6.45, 7) is 0.786. The van der Waals surface area contributed by atoms with Crippen molar-refractivity contribution < 1.29 is 5.11 Å². The first-order chi connectivity index (χ1) is 8.58. The van der Waals surface area contributed by atoms with Crippen molar-refractivity contribution in [2.75, 3.05) is 7.05 Å². The standard InChI is InChI=1S/C14H19BrClNO/c1-17(13-4-2-3-5-14(13)18)9-10-6-7-11(15)8-12(10)16/h6-8,13-14,18H,2-5,9H2,1H3. The summed E-state index contributed by atoms with van der Waals surface area (Å²) < 4.78 is 0.997. The highest BCUT2D eigenvalue weighted by Gasteiger charge is 2.26. The highest BCUT2D eigenvalue weighted by Crippen LogP contribution is 2.26. The molecule has 2 rings (SSSR count). The van der Waals surface area contributed by atoms with Gasteiger partial charge < -0.3 is 5.11 Å². The van der Waals surface area contributed by atoms with Gasteiger partial charge in [0.05, 0.1) is 6.10 Å². The van der Waals surface area contributed by atoms with E-state index < -0.39 is 0 Å². The van der Waals surface area contributed by atoms with E-state index in [0.717, 1.165) is 40.9 Å². The van der Waals surface area contributed by atoms with Crippen molar-refractivity contribution in [1.29, 1.82) is 0 Å². The molecule has 1 aliphatic carbocycles. The van der Waals surface area contributed by atoms with E-state index in [9.17, 15) is 5.11 Å². The van der Waals surface area contributed by atoms with Crippen LogP contribution in [-0.4, -0.2) is 29.2 Å². The second-order valence-electron chi connectivity index (χ2n) is 5.07. The van der Waals surface area contributed by atoms with Crippen LogP contribution in [-0.2, 0) is 6.54 Å². The maximum Gasteiger partial charge on any atom is 0.0695 e. The number of aliphatic hydroxyl groups is 1. The largest absolute Gasteiger partial charge is 0.391 e. The molecule has 0 saturated heterocycles. The fourth-order valence-electron chi connectivity index (χ4n) is 2.64. The van der Waals surface area contributed by atoms with Gasteiger partial charge >= 0.3 is 0 Å². The van der Waals surface area contributed by atoms with Crippen LogP contribution >= 0.6 is 27.5 Å². The van der Waals surface area contributed by atoms with Crippen molar-refractivity contribution in [1.82, 2.24) is 4.90 Å². The van der Waals surface area contributed by atoms with E-state index >= 15 is 0 Å². The van der Waals surface area contributed by atoms with Gasteiger partial charge in [-0.05, 0) is 37.6 Å². The van der Waals surface area contributed by atoms with Gasteiger partial charge in [0.2, 0.25) is 0 Å². The van der Waals surface area contributed by atoms with Gasteiger partial charge in [-0.15, -0.1) is 0 Å². The fraction of sp³-hybridized carbons (Fsp3) is 0.571. The van der Waals surface area contributed by atoms with Gasteiger partial charge in [0, 0.05) is 22.1 Å². The molecule has 1 aliphatic rings. The topological polar surface area (TPSA) is 23.5 Å². The zero-order chi connectivity index (χ0) is 13.1. The van der Waals surface area contributed by atoms with E-state index in [2.05, 4.69) is 27.9 Å². The molecule has 0 bridgehead atoms. The first-order valence-electron chi connectivity index (χ1n) is 6.40. The lowest BCUT2D eigenvalue weighted by Gasteiger charge is -2.35. The summed E-state index contributed by atoms with van der Waals surface area (Å²) in [5.41, 5.74) is 1.11. The average molecular weight is 333 g/mol. The minimum Gasteiger partial charge on any atom is -0.391 e. The number of halogens is 2. The zero-order valence-electron chi connectivity index (χ0n) is 10.6. The van der Waals surface area contributed by atoms with Gasteiger partial charge in [0.1, 0.15) is 0 Å². The summed E-state index contributed by atoms with van der Waals surface area (Å²) in [5, 5.41) is 10.8. The van der Waals surface area contributed by atoms with Crippen molar-refractivity contribution in [2.24, 2.45) is 0 Å². The Bertz CT molecular complexity index is 413. The predicted octanol–water partition coefficient (Wildman–Crippen LogP) is 3.84. The predicted molar refractivity (Wildman–Crippen MR) is 78.9 cm³/mol. The van der Waals surface area contributed by atoms with Crippen LogP contribution in [0.4, 0.5) is 0 Å². The van der Waals surface area contributed by atoms with E-state index in [4.69, 9.17) is 11.6 Å². The van der Waals surface area contributed by atoms with Crippen LogP contribution in [0.15, 0.2) is 22.7 Å². The molecule has 0 amide bonds. The number of nitrogens with zero attached hydrogens (tertiary/aromatic N) is 1. The Balaban J connectivity index is 2.03. The molecule has 1 saturated carbocycles. The molecule has 0 aromatic heterocycles. The summed E-state index contributed by atoms with van der Waals surface area (Å²) in [6.07, 6.45) is 4.15. The Labute approximate surface area is 122 Å². The van der Waals surface area contributed by atoms with E-state index in [1.54, 1.807) is 0 Å². The third-order valence-electron chi connectivity index (χ3n) is 3.69. The minimum absolute atomic E-state index is 0.196. The number of hydrogen-bond donors (Lipinski definition) is 1. The van der Waals surface area contributed by atoms with Gasteiger partial charge in [0.15, 0.2) is 0 Å². The third kappa shape index (κ3) is 3.47. The molecular weight excluding hydrogens is 314 g/mol. The van der Waals surface area contributed by atoms with Crippen LogP contribution in [0.1, 0.15) is 31.2 Å². The van der Waals surface area contributed by atoms with Crippen LogP contribution in [0.3, 0.4) is 0 Å². The molecule has 100 valence electrons. The van der Waals surface area contributed by atoms with Gasteiger partial charge in [-0.3, -0.25) is 4.90 Å². The van der Waals surface area contributed by atoms with Gasteiger partial charge in [-0.25, -0.2) is 0 Å². The molecule has 2 unspecified atom stereocenters. The number of aliphatic hydroxyl groups excluding tert-OH is 1. The highest BCUT2D eigenvalue weighted by molar-refractivity contribution is 9.10. The lowest BCUT2D eigenvalue weighted by Crippen LogP contribution is -2.42. The first kappa shape index (κ1) is 14.3. The van der Waals surface area contributed by atoms with Crippen LogP contribution in [0, 0.1) is 0 Å². The molecule has 1 N–H and O–H groups in total. The maximum absolute atomic E-state index is 10.0. The zero-order valence-corrected chi connectivity index (χ0v) is 12.9. The summed E-state index contributed by atoms with van der Waals surface area (Å²) in [6, 6.07) is 6.23. The van der Waals surface area contributed by atoms with Crippen molar-refractivity contribution in [3.8, 4) is 0 Å². The first-order valence-corrected chi connectivity index (χ1v) is 7.57. The molecule has 1 aromatic carbocycles. The lowest BCUT2D eigenvalue weighted by molar-refractivity contribution is 0.0288. The average Bonchev–Trinajstić information content (AvgIpc) is 2.33. The molecule has 4 heteroatoms. The molecule has 2 atom stereocenters. The Kier molecular flexibility index (Phi) is 5.07. The van der Waals surface area contributed by atoms with E-state index in [1.807, 2.05) is 18.2 Å². The van der Waals surface area contributed by atoms with Crippen LogP contribution in [0.2, 0.25) is 5.02 Å². The number of likely N-dealkylation sites (N-methyl/N-ethyl adjacent to an activating group) is 1. The summed E-state index contributed by atoms with van der Waals surface area (Å²) in [4.78, 5) is 2.22. The molecule has 1 fully saturated rings. The normalized spacial score (nSPS) is 24.5. The Hall–Kier alpha value is -0.0900. The molecule has 0 spiro atoms. The van der Waals surface area contributed by atoms with Crippen molar-refractivity contribution in [2.45, 2.75) is 44.4 Å². The molecular formula is C14H19BrClNO.